The molecule has 5 rings (SSSR count). The highest BCUT2D eigenvalue weighted by Gasteiger charge is 2.31. The molecule has 38 heavy (non-hydrogen) atoms. The molecule has 200 valence electrons. The van der Waals surface area contributed by atoms with Gasteiger partial charge in [-0.1, -0.05) is 43.0 Å². The summed E-state index contributed by atoms with van der Waals surface area (Å²) in [6.45, 7) is 0.288. The van der Waals surface area contributed by atoms with Gasteiger partial charge in [0.05, 0.1) is 22.2 Å². The van der Waals surface area contributed by atoms with Crippen LogP contribution in [0.5, 0.6) is 5.75 Å². The Balaban J connectivity index is 0.00000164. The number of pyridine rings is 1. The number of rotatable bonds is 6. The van der Waals surface area contributed by atoms with E-state index in [2.05, 4.69) is 10.7 Å². The molecule has 1 aliphatic rings. The molecule has 1 fully saturated rings. The van der Waals surface area contributed by atoms with Crippen LogP contribution in [0, 0.1) is 11.6 Å². The Kier molecular flexibility index (Phi) is 9.31. The first-order chi connectivity index (χ1) is 18.5. The molecule has 0 aliphatic heterocycles. The fraction of sp³-hybridized carbons (Fsp3) is 0.310. The third-order valence-electron chi connectivity index (χ3n) is 6.77. The van der Waals surface area contributed by atoms with Crippen molar-refractivity contribution in [3.05, 3.63) is 82.0 Å². The van der Waals surface area contributed by atoms with Gasteiger partial charge < -0.3 is 15.4 Å². The number of halogens is 3. The van der Waals surface area contributed by atoms with Gasteiger partial charge in [-0.3, -0.25) is 9.78 Å². The van der Waals surface area contributed by atoms with Gasteiger partial charge in [0.1, 0.15) is 22.3 Å². The van der Waals surface area contributed by atoms with Crippen LogP contribution in [0.4, 0.5) is 8.78 Å². The van der Waals surface area contributed by atoms with Gasteiger partial charge in [0.25, 0.3) is 5.91 Å². The maximum absolute atomic E-state index is 14.5. The summed E-state index contributed by atoms with van der Waals surface area (Å²) in [5.41, 5.74) is 7.25. The van der Waals surface area contributed by atoms with Crippen LogP contribution >= 0.6 is 22.9 Å². The molecule has 2 heterocycles. The van der Waals surface area contributed by atoms with E-state index >= 15 is 0 Å². The zero-order valence-electron chi connectivity index (χ0n) is 21.3. The molecule has 2 N–H and O–H groups in total. The first-order valence-corrected chi connectivity index (χ1v) is 13.7. The van der Waals surface area contributed by atoms with Gasteiger partial charge in [-0.25, -0.2) is 8.78 Å². The minimum Gasteiger partial charge on any atom is -0.496 e. The summed E-state index contributed by atoms with van der Waals surface area (Å²) in [6, 6.07) is 11.8. The van der Waals surface area contributed by atoms with E-state index in [1.807, 2.05) is 30.3 Å². The highest BCUT2D eigenvalue weighted by molar-refractivity contribution is 7.21. The number of aromatic nitrogens is 1. The number of methoxy groups -OCH3 is 1. The van der Waals surface area contributed by atoms with Crippen LogP contribution in [0.25, 0.3) is 21.2 Å². The Hall–Kier alpha value is -3.07. The Bertz CT molecular complexity index is 1410. The van der Waals surface area contributed by atoms with Gasteiger partial charge in [0, 0.05) is 36.1 Å². The lowest BCUT2D eigenvalue weighted by atomic mass is 9.93. The molecule has 0 radical (unpaired) electrons. The van der Waals surface area contributed by atoms with Crippen LogP contribution < -0.4 is 10.5 Å². The topological polar surface area (TPSA) is 68.5 Å². The Morgan fingerprint density at radius 2 is 1.84 bits per heavy atom. The number of nitrogens with two attached hydrogens (primary N) is 1. The summed E-state index contributed by atoms with van der Waals surface area (Å²) >= 11 is 7.41. The number of carbonyl (C=O) groups is 1. The highest BCUT2D eigenvalue weighted by Crippen LogP contribution is 2.40. The minimum absolute atomic E-state index is 0.00558. The lowest BCUT2D eigenvalue weighted by Crippen LogP contribution is -2.40. The van der Waals surface area contributed by atoms with Crippen LogP contribution in [0.2, 0.25) is 5.02 Å². The van der Waals surface area contributed by atoms with Gasteiger partial charge in [-0.15, -0.1) is 11.3 Å². The predicted octanol–water partition coefficient (Wildman–Crippen LogP) is 7.45. The van der Waals surface area contributed by atoms with E-state index in [1.165, 1.54) is 7.05 Å². The second-order valence-corrected chi connectivity index (χ2v) is 10.4. The smallest absolute Gasteiger partial charge is 0.266 e. The van der Waals surface area contributed by atoms with Crippen LogP contribution in [-0.4, -0.2) is 36.0 Å². The van der Waals surface area contributed by atoms with Crippen LogP contribution in [0.15, 0.2) is 54.9 Å². The molecule has 0 saturated heterocycles. The van der Waals surface area contributed by atoms with E-state index in [9.17, 15) is 13.6 Å². The van der Waals surface area contributed by atoms with Crippen molar-refractivity contribution >= 4 is 38.9 Å². The number of carbonyl (C=O) groups excluding carboxylic acids is 1. The Morgan fingerprint density at radius 3 is 2.50 bits per heavy atom. The molecule has 1 aliphatic carbocycles. The number of hydrogen-bond acceptors (Lipinski definition) is 5. The molecule has 0 unspecified atom stereocenters. The first kappa shape index (κ1) is 28.0. The lowest BCUT2D eigenvalue weighted by molar-refractivity contribution is 0.0618. The molecular weight excluding hydrogens is 528 g/mol. The van der Waals surface area contributed by atoms with Crippen LogP contribution in [-0.2, 0) is 6.54 Å². The number of nitrogens with zero attached hydrogens (tertiary/aromatic N) is 2. The van der Waals surface area contributed by atoms with Crippen molar-refractivity contribution in [2.75, 3.05) is 14.2 Å². The van der Waals surface area contributed by atoms with Crippen molar-refractivity contribution in [2.45, 2.75) is 44.7 Å². The van der Waals surface area contributed by atoms with E-state index in [0.29, 0.717) is 5.75 Å². The molecule has 0 spiro atoms. The van der Waals surface area contributed by atoms with E-state index in [0.717, 1.165) is 72.3 Å². The second-order valence-electron chi connectivity index (χ2n) is 8.97. The molecule has 1 amide bonds. The Labute approximate surface area is 230 Å². The molecule has 2 aromatic carbocycles. The largest absolute Gasteiger partial charge is 0.496 e. The van der Waals surface area contributed by atoms with Crippen molar-refractivity contribution in [3.8, 4) is 16.9 Å². The van der Waals surface area contributed by atoms with Crippen molar-refractivity contribution in [1.29, 1.82) is 0 Å². The molecular formula is C29H30ClF2N3O2S. The molecule has 0 bridgehead atoms. The summed E-state index contributed by atoms with van der Waals surface area (Å²) in [4.78, 5) is 20.1. The molecule has 0 atom stereocenters. The van der Waals surface area contributed by atoms with E-state index in [1.54, 1.807) is 24.4 Å². The molecule has 5 nitrogen and oxygen atoms in total. The molecule has 4 aromatic rings. The number of fused-ring (bicyclic) bond motifs is 1. The summed E-state index contributed by atoms with van der Waals surface area (Å²) in [5.74, 6) is -0.884. The summed E-state index contributed by atoms with van der Waals surface area (Å²) < 4.78 is 34.7. The van der Waals surface area contributed by atoms with Gasteiger partial charge >= 0.3 is 0 Å². The molecule has 1 saturated carbocycles. The summed E-state index contributed by atoms with van der Waals surface area (Å²) in [5, 5.41) is -0.0707. The zero-order valence-corrected chi connectivity index (χ0v) is 22.9. The molecule has 9 heteroatoms. The molecule has 2 aromatic heterocycles. The number of thiophene rings is 1. The van der Waals surface area contributed by atoms with Gasteiger partial charge in [0.15, 0.2) is 0 Å². The fourth-order valence-electron chi connectivity index (χ4n) is 4.92. The highest BCUT2D eigenvalue weighted by atomic mass is 35.5. The van der Waals surface area contributed by atoms with Crippen molar-refractivity contribution in [2.24, 2.45) is 5.73 Å². The second kappa shape index (κ2) is 12.7. The van der Waals surface area contributed by atoms with Gasteiger partial charge in [0.2, 0.25) is 0 Å². The predicted molar refractivity (Wildman–Crippen MR) is 150 cm³/mol. The average Bonchev–Trinajstić information content (AvgIpc) is 3.33. The summed E-state index contributed by atoms with van der Waals surface area (Å²) in [6.07, 6.45) is 8.39. The van der Waals surface area contributed by atoms with Crippen molar-refractivity contribution < 1.29 is 18.3 Å². The van der Waals surface area contributed by atoms with Crippen LogP contribution in [0.1, 0.15) is 47.3 Å². The van der Waals surface area contributed by atoms with E-state index in [-0.39, 0.29) is 38.5 Å². The van der Waals surface area contributed by atoms with Gasteiger partial charge in [-0.05, 0) is 55.8 Å². The minimum atomic E-state index is -0.637. The number of ether oxygens (including phenoxy) is 1. The normalized spacial score (nSPS) is 13.6. The SMILES string of the molecule is CN.COc1ccc(-c2cccnc2)cc1CN(C(=O)c1sc2c(F)ccc(F)c2c1Cl)C1CCCCC1. The fourth-order valence-corrected chi connectivity index (χ4v) is 6.43. The van der Waals surface area contributed by atoms with Crippen LogP contribution in [0.3, 0.4) is 0 Å². The van der Waals surface area contributed by atoms with Gasteiger partial charge in [-0.2, -0.15) is 0 Å². The zero-order chi connectivity index (χ0) is 27.2. The standard InChI is InChI=1S/C28H25ClF2N2O2S.CH5N/c1-35-23-12-9-17(18-6-5-13-32-15-18)14-19(23)16-33(20-7-3-2-4-8-20)28(34)27-25(29)24-21(30)10-11-22(31)26(24)36-27;1-2/h5-6,9-15,20H,2-4,7-8,16H2,1H3;2H2,1H3. The third-order valence-corrected chi connectivity index (χ3v) is 8.44. The van der Waals surface area contributed by atoms with E-state index in [4.69, 9.17) is 16.3 Å². The number of benzene rings is 2. The van der Waals surface area contributed by atoms with Crippen molar-refractivity contribution in [3.63, 3.8) is 0 Å². The number of amides is 1. The quantitative estimate of drug-likeness (QED) is 0.267. The monoisotopic (exact) mass is 557 g/mol. The average molecular weight is 558 g/mol. The lowest BCUT2D eigenvalue weighted by Gasteiger charge is -2.34. The Morgan fingerprint density at radius 1 is 1.11 bits per heavy atom. The number of hydrogen-bond donors (Lipinski definition) is 1. The first-order valence-electron chi connectivity index (χ1n) is 12.5. The third kappa shape index (κ3) is 5.67. The summed E-state index contributed by atoms with van der Waals surface area (Å²) in [7, 11) is 3.10. The maximum atomic E-state index is 14.5. The van der Waals surface area contributed by atoms with E-state index < -0.39 is 11.6 Å². The van der Waals surface area contributed by atoms with Crippen molar-refractivity contribution in [1.82, 2.24) is 9.88 Å². The maximum Gasteiger partial charge on any atom is 0.266 e.